The summed E-state index contributed by atoms with van der Waals surface area (Å²) < 4.78 is 28.5. The Balaban J connectivity index is 1.58. The number of nitrogens with zero attached hydrogens (tertiary/aromatic N) is 1. The standard InChI is InChI=1S/C20H28N2O3S/c1-15-17-9-5-10-19(23)22-14-6-12-20(17,22)13-11-18(15)21-26(24,25)16-7-3-2-4-8-16/h2-4,7-8,15,17-18,21H,5-6,9-14H2,1H3/t15-,17+,18+,20-/m1/s1. The first-order valence-electron chi connectivity index (χ1n) is 9.82. The van der Waals surface area contributed by atoms with Crippen LogP contribution in [-0.2, 0) is 14.8 Å². The van der Waals surface area contributed by atoms with Crippen LogP contribution < -0.4 is 4.72 Å². The summed E-state index contributed by atoms with van der Waals surface area (Å²) in [7, 11) is -3.51. The van der Waals surface area contributed by atoms with Crippen LogP contribution in [0.1, 0.15) is 51.9 Å². The predicted octanol–water partition coefficient (Wildman–Crippen LogP) is 2.92. The molecule has 26 heavy (non-hydrogen) atoms. The van der Waals surface area contributed by atoms with Gasteiger partial charge in [-0.3, -0.25) is 4.79 Å². The highest BCUT2D eigenvalue weighted by Crippen LogP contribution is 2.51. The van der Waals surface area contributed by atoms with Gasteiger partial charge in [0.1, 0.15) is 0 Å². The molecule has 2 heterocycles. The van der Waals surface area contributed by atoms with E-state index in [0.717, 1.165) is 45.1 Å². The maximum atomic E-state index is 12.8. The highest BCUT2D eigenvalue weighted by atomic mass is 32.2. The Morgan fingerprint density at radius 3 is 2.65 bits per heavy atom. The van der Waals surface area contributed by atoms with E-state index in [1.165, 1.54) is 0 Å². The molecule has 1 saturated carbocycles. The summed E-state index contributed by atoms with van der Waals surface area (Å²) >= 11 is 0. The number of sulfonamides is 1. The number of benzene rings is 1. The van der Waals surface area contributed by atoms with Gasteiger partial charge in [0.15, 0.2) is 0 Å². The lowest BCUT2D eigenvalue weighted by molar-refractivity contribution is -0.138. The number of carbonyl (C=O) groups is 1. The van der Waals surface area contributed by atoms with Crippen molar-refractivity contribution in [3.63, 3.8) is 0 Å². The molecule has 4 rings (SSSR count). The number of amides is 1. The Hall–Kier alpha value is -1.40. The van der Waals surface area contributed by atoms with Crippen molar-refractivity contribution in [2.24, 2.45) is 11.8 Å². The molecule has 5 nitrogen and oxygen atoms in total. The van der Waals surface area contributed by atoms with Gasteiger partial charge in [-0.25, -0.2) is 13.1 Å². The second-order valence-electron chi connectivity index (χ2n) is 8.19. The van der Waals surface area contributed by atoms with Crippen molar-refractivity contribution in [3.05, 3.63) is 30.3 Å². The van der Waals surface area contributed by atoms with Gasteiger partial charge in [-0.15, -0.1) is 0 Å². The maximum Gasteiger partial charge on any atom is 0.240 e. The van der Waals surface area contributed by atoms with Crippen molar-refractivity contribution in [1.82, 2.24) is 9.62 Å². The van der Waals surface area contributed by atoms with Gasteiger partial charge in [-0.2, -0.15) is 0 Å². The molecule has 1 spiro atoms. The second-order valence-corrected chi connectivity index (χ2v) is 9.90. The Morgan fingerprint density at radius 2 is 1.88 bits per heavy atom. The Morgan fingerprint density at radius 1 is 1.12 bits per heavy atom. The smallest absolute Gasteiger partial charge is 0.240 e. The highest BCUT2D eigenvalue weighted by molar-refractivity contribution is 7.89. The van der Waals surface area contributed by atoms with Gasteiger partial charge < -0.3 is 4.90 Å². The third-order valence-electron chi connectivity index (χ3n) is 6.94. The van der Waals surface area contributed by atoms with Gasteiger partial charge in [-0.1, -0.05) is 25.1 Å². The Bertz CT molecular complexity index is 780. The first-order chi connectivity index (χ1) is 12.4. The average Bonchev–Trinajstić information content (AvgIpc) is 3.00. The topological polar surface area (TPSA) is 66.5 Å². The number of hydrogen-bond acceptors (Lipinski definition) is 3. The first kappa shape index (κ1) is 18.0. The van der Waals surface area contributed by atoms with Crippen LogP contribution in [0.15, 0.2) is 35.2 Å². The molecule has 1 N–H and O–H groups in total. The van der Waals surface area contributed by atoms with Crippen LogP contribution in [-0.4, -0.2) is 37.4 Å². The third kappa shape index (κ3) is 2.87. The van der Waals surface area contributed by atoms with Crippen LogP contribution in [0.5, 0.6) is 0 Å². The fraction of sp³-hybridized carbons (Fsp3) is 0.650. The molecule has 3 fully saturated rings. The molecular weight excluding hydrogens is 348 g/mol. The molecule has 3 aliphatic rings. The number of rotatable bonds is 3. The van der Waals surface area contributed by atoms with Crippen molar-refractivity contribution in [2.75, 3.05) is 6.54 Å². The van der Waals surface area contributed by atoms with Crippen LogP contribution in [0.25, 0.3) is 0 Å². The van der Waals surface area contributed by atoms with Gasteiger partial charge in [0.25, 0.3) is 0 Å². The second kappa shape index (κ2) is 6.64. The van der Waals surface area contributed by atoms with Gasteiger partial charge in [0, 0.05) is 24.5 Å². The summed E-state index contributed by atoms with van der Waals surface area (Å²) in [6.45, 7) is 3.05. The zero-order valence-corrected chi connectivity index (χ0v) is 16.2. The molecule has 2 saturated heterocycles. The van der Waals surface area contributed by atoms with E-state index in [1.807, 2.05) is 6.07 Å². The summed E-state index contributed by atoms with van der Waals surface area (Å²) in [4.78, 5) is 15.0. The maximum absolute atomic E-state index is 12.8. The summed E-state index contributed by atoms with van der Waals surface area (Å²) in [5.74, 6) is 0.919. The van der Waals surface area contributed by atoms with Crippen molar-refractivity contribution >= 4 is 15.9 Å². The SMILES string of the molecule is C[C@H]1[C@@H](NS(=O)(=O)c2ccccc2)CC[C@@]23CCCN2C(=O)CCC[C@@H]13. The molecule has 6 heteroatoms. The largest absolute Gasteiger partial charge is 0.337 e. The first-order valence-corrected chi connectivity index (χ1v) is 11.3. The molecule has 1 aromatic rings. The van der Waals surface area contributed by atoms with Crippen LogP contribution in [0.2, 0.25) is 0 Å². The average molecular weight is 377 g/mol. The molecule has 0 bridgehead atoms. The molecule has 0 radical (unpaired) electrons. The quantitative estimate of drug-likeness (QED) is 0.882. The van der Waals surface area contributed by atoms with Crippen molar-refractivity contribution < 1.29 is 13.2 Å². The minimum atomic E-state index is -3.51. The molecule has 0 aromatic heterocycles. The van der Waals surface area contributed by atoms with E-state index in [1.54, 1.807) is 24.3 Å². The normalized spacial score (nSPS) is 34.9. The van der Waals surface area contributed by atoms with Gasteiger partial charge in [0.05, 0.1) is 4.90 Å². The predicted molar refractivity (Wildman–Crippen MR) is 100.0 cm³/mol. The molecule has 1 amide bonds. The fourth-order valence-electron chi connectivity index (χ4n) is 5.72. The minimum absolute atomic E-state index is 0.0261. The number of nitrogens with one attached hydrogen (secondary N) is 1. The lowest BCUT2D eigenvalue weighted by Crippen LogP contribution is -2.59. The van der Waals surface area contributed by atoms with Crippen molar-refractivity contribution in [1.29, 1.82) is 0 Å². The fourth-order valence-corrected chi connectivity index (χ4v) is 7.10. The van der Waals surface area contributed by atoms with Crippen LogP contribution in [0.3, 0.4) is 0 Å². The summed E-state index contributed by atoms with van der Waals surface area (Å²) in [6.07, 6.45) is 6.45. The van der Waals surface area contributed by atoms with E-state index in [9.17, 15) is 13.2 Å². The highest BCUT2D eigenvalue weighted by Gasteiger charge is 2.55. The summed E-state index contributed by atoms with van der Waals surface area (Å²) in [5, 5.41) is 0. The zero-order valence-electron chi connectivity index (χ0n) is 15.4. The Kier molecular flexibility index (Phi) is 4.59. The Labute approximate surface area is 156 Å². The zero-order chi connectivity index (χ0) is 18.4. The van der Waals surface area contributed by atoms with E-state index in [2.05, 4.69) is 16.5 Å². The van der Waals surface area contributed by atoms with Gasteiger partial charge in [-0.05, 0) is 62.5 Å². The number of carbonyl (C=O) groups excluding carboxylic acids is 1. The molecule has 1 aromatic carbocycles. The molecule has 1 aliphatic carbocycles. The molecule has 0 unspecified atom stereocenters. The lowest BCUT2D eigenvalue weighted by atomic mass is 9.63. The van der Waals surface area contributed by atoms with Gasteiger partial charge in [0.2, 0.25) is 15.9 Å². The van der Waals surface area contributed by atoms with E-state index in [-0.39, 0.29) is 17.5 Å². The molecular formula is C20H28N2O3S. The summed E-state index contributed by atoms with van der Waals surface area (Å²) in [5.41, 5.74) is -0.0261. The third-order valence-corrected chi connectivity index (χ3v) is 8.45. The molecule has 142 valence electrons. The van der Waals surface area contributed by atoms with Crippen molar-refractivity contribution in [2.45, 2.75) is 68.3 Å². The van der Waals surface area contributed by atoms with E-state index < -0.39 is 10.0 Å². The number of hydrogen-bond donors (Lipinski definition) is 1. The molecule has 4 atom stereocenters. The van der Waals surface area contributed by atoms with Crippen LogP contribution in [0.4, 0.5) is 0 Å². The minimum Gasteiger partial charge on any atom is -0.337 e. The van der Waals surface area contributed by atoms with E-state index in [0.29, 0.717) is 23.1 Å². The van der Waals surface area contributed by atoms with Gasteiger partial charge >= 0.3 is 0 Å². The van der Waals surface area contributed by atoms with Crippen LogP contribution >= 0.6 is 0 Å². The molecule has 2 aliphatic heterocycles. The van der Waals surface area contributed by atoms with E-state index in [4.69, 9.17) is 0 Å². The summed E-state index contributed by atoms with van der Waals surface area (Å²) in [6, 6.07) is 8.54. The van der Waals surface area contributed by atoms with Crippen molar-refractivity contribution in [3.8, 4) is 0 Å². The lowest BCUT2D eigenvalue weighted by Gasteiger charge is -2.52. The monoisotopic (exact) mass is 376 g/mol. The van der Waals surface area contributed by atoms with E-state index >= 15 is 0 Å². The van der Waals surface area contributed by atoms with Crippen LogP contribution in [0, 0.1) is 11.8 Å².